The molecule has 1 aliphatic rings. The lowest BCUT2D eigenvalue weighted by Crippen LogP contribution is -2.51. The zero-order valence-corrected chi connectivity index (χ0v) is 10.7. The van der Waals surface area contributed by atoms with Gasteiger partial charge in [-0.1, -0.05) is 11.6 Å². The molecule has 2 nitrogen and oxygen atoms in total. The maximum atomic E-state index is 6.06. The lowest BCUT2D eigenvalue weighted by Gasteiger charge is -2.38. The molecule has 5 heteroatoms. The number of hydrogen-bond acceptors (Lipinski definition) is 3. The lowest BCUT2D eigenvalue weighted by molar-refractivity contribution is -0.0229. The molecule has 82 valence electrons. The number of hydrogen-bond donors (Lipinski definition) is 0. The van der Waals surface area contributed by atoms with Crippen molar-refractivity contribution >= 4 is 35.5 Å². The highest BCUT2D eigenvalue weighted by molar-refractivity contribution is 7.10. The van der Waals surface area contributed by atoms with Gasteiger partial charge in [0.1, 0.15) is 0 Å². The molecule has 1 fully saturated rings. The van der Waals surface area contributed by atoms with E-state index in [9.17, 15) is 0 Å². The van der Waals surface area contributed by atoms with Gasteiger partial charge >= 0.3 is 7.12 Å². The predicted octanol–water partition coefficient (Wildman–Crippen LogP) is 2.70. The fraction of sp³-hybridized carbons (Fsp3) is 0.600. The second-order valence-electron chi connectivity index (χ2n) is 4.54. The van der Waals surface area contributed by atoms with E-state index in [1.165, 1.54) is 0 Å². The Hall–Kier alpha value is -0.0251. The summed E-state index contributed by atoms with van der Waals surface area (Å²) >= 11 is 7.63. The molecule has 0 bridgehead atoms. The number of halogens is 1. The molecule has 1 atom stereocenters. The molecule has 2 heterocycles. The minimum Gasteiger partial charge on any atom is -0.405 e. The molecule has 0 saturated carbocycles. The topological polar surface area (TPSA) is 18.5 Å². The van der Waals surface area contributed by atoms with Crippen LogP contribution in [0.2, 0.25) is 5.02 Å². The third-order valence-corrected chi connectivity index (χ3v) is 3.68. The van der Waals surface area contributed by atoms with Crippen molar-refractivity contribution in [3.63, 3.8) is 0 Å². The smallest absolute Gasteiger partial charge is 0.405 e. The van der Waals surface area contributed by atoms with Crippen molar-refractivity contribution in [1.29, 1.82) is 0 Å². The van der Waals surface area contributed by atoms with Gasteiger partial charge in [0.05, 0.1) is 10.6 Å². The van der Waals surface area contributed by atoms with Crippen LogP contribution in [0.3, 0.4) is 0 Å². The average Bonchev–Trinajstić information content (AvgIpc) is 2.47. The third kappa shape index (κ3) is 2.56. The average molecular weight is 245 g/mol. The SMILES string of the molecule is C[C@@H]1CC(C)(C)OB(c2cscc2Cl)O1. The molecule has 0 aliphatic carbocycles. The van der Waals surface area contributed by atoms with E-state index >= 15 is 0 Å². The van der Waals surface area contributed by atoms with Crippen LogP contribution in [0.5, 0.6) is 0 Å². The summed E-state index contributed by atoms with van der Waals surface area (Å²) in [5.41, 5.74) is 0.800. The molecule has 0 aromatic carbocycles. The van der Waals surface area contributed by atoms with Crippen molar-refractivity contribution < 1.29 is 9.31 Å². The van der Waals surface area contributed by atoms with Gasteiger partial charge < -0.3 is 9.31 Å². The molecule has 0 amide bonds. The van der Waals surface area contributed by atoms with Gasteiger partial charge in [-0.05, 0) is 32.6 Å². The number of rotatable bonds is 1. The Morgan fingerprint density at radius 3 is 2.80 bits per heavy atom. The van der Waals surface area contributed by atoms with Crippen LogP contribution in [0.1, 0.15) is 27.2 Å². The Bertz CT molecular complexity index is 353. The van der Waals surface area contributed by atoms with Crippen molar-refractivity contribution in [2.45, 2.75) is 38.9 Å². The minimum absolute atomic E-state index is 0.145. The van der Waals surface area contributed by atoms with Crippen LogP contribution >= 0.6 is 22.9 Å². The van der Waals surface area contributed by atoms with E-state index in [0.717, 1.165) is 16.9 Å². The van der Waals surface area contributed by atoms with Crippen LogP contribution in [-0.2, 0) is 9.31 Å². The first-order valence-electron chi connectivity index (χ1n) is 5.03. The summed E-state index contributed by atoms with van der Waals surface area (Å²) in [4.78, 5) is 0. The van der Waals surface area contributed by atoms with Crippen LogP contribution < -0.4 is 5.46 Å². The molecule has 2 rings (SSSR count). The Balaban J connectivity index is 2.20. The minimum atomic E-state index is -0.317. The van der Waals surface area contributed by atoms with E-state index in [1.807, 2.05) is 10.8 Å². The first-order valence-corrected chi connectivity index (χ1v) is 6.35. The maximum absolute atomic E-state index is 6.06. The van der Waals surface area contributed by atoms with Gasteiger partial charge in [-0.15, -0.1) is 0 Å². The Morgan fingerprint density at radius 1 is 1.53 bits per heavy atom. The molecule has 15 heavy (non-hydrogen) atoms. The molecule has 0 spiro atoms. The summed E-state index contributed by atoms with van der Waals surface area (Å²) in [5.74, 6) is 0. The molecule has 0 N–H and O–H groups in total. The van der Waals surface area contributed by atoms with Crippen molar-refractivity contribution in [1.82, 2.24) is 0 Å². The quantitative estimate of drug-likeness (QED) is 0.707. The first kappa shape index (κ1) is 11.5. The van der Waals surface area contributed by atoms with Crippen molar-refractivity contribution in [3.8, 4) is 0 Å². The third-order valence-electron chi connectivity index (χ3n) is 2.46. The zero-order chi connectivity index (χ0) is 11.1. The Morgan fingerprint density at radius 2 is 2.27 bits per heavy atom. The summed E-state index contributed by atoms with van der Waals surface area (Å²) < 4.78 is 11.6. The lowest BCUT2D eigenvalue weighted by atomic mass is 9.76. The molecular weight excluding hydrogens is 230 g/mol. The zero-order valence-electron chi connectivity index (χ0n) is 9.12. The van der Waals surface area contributed by atoms with E-state index in [1.54, 1.807) is 11.3 Å². The van der Waals surface area contributed by atoms with Gasteiger partial charge in [-0.3, -0.25) is 0 Å². The van der Waals surface area contributed by atoms with Gasteiger partial charge in [0.2, 0.25) is 0 Å². The fourth-order valence-electron chi connectivity index (χ4n) is 1.91. The standard InChI is InChI=1S/C10H14BClO2S/c1-7-4-10(2,3)14-11(13-7)8-5-15-6-9(8)12/h5-7H,4H2,1-3H3/t7-/m1/s1. The van der Waals surface area contributed by atoms with Gasteiger partial charge in [0, 0.05) is 16.9 Å². The van der Waals surface area contributed by atoms with Gasteiger partial charge in [-0.25, -0.2) is 0 Å². The molecule has 0 unspecified atom stereocenters. The van der Waals surface area contributed by atoms with Gasteiger partial charge in [0.15, 0.2) is 0 Å². The van der Waals surface area contributed by atoms with Gasteiger partial charge in [0.25, 0.3) is 0 Å². The monoisotopic (exact) mass is 244 g/mol. The number of thiophene rings is 1. The predicted molar refractivity (Wildman–Crippen MR) is 65.0 cm³/mol. The van der Waals surface area contributed by atoms with Crippen LogP contribution in [0.25, 0.3) is 0 Å². The van der Waals surface area contributed by atoms with Crippen molar-refractivity contribution in [2.24, 2.45) is 0 Å². The van der Waals surface area contributed by atoms with Crippen LogP contribution in [-0.4, -0.2) is 18.8 Å². The van der Waals surface area contributed by atoms with Crippen LogP contribution in [0.4, 0.5) is 0 Å². The highest BCUT2D eigenvalue weighted by Crippen LogP contribution is 2.27. The van der Waals surface area contributed by atoms with Gasteiger partial charge in [-0.2, -0.15) is 11.3 Å². The largest absolute Gasteiger partial charge is 0.496 e. The second kappa shape index (κ2) is 4.09. The molecule has 1 aromatic heterocycles. The summed E-state index contributed by atoms with van der Waals surface area (Å²) in [6.45, 7) is 6.23. The summed E-state index contributed by atoms with van der Waals surface area (Å²) in [5, 5.41) is 4.62. The van der Waals surface area contributed by atoms with E-state index in [-0.39, 0.29) is 18.8 Å². The highest BCUT2D eigenvalue weighted by Gasteiger charge is 2.39. The summed E-state index contributed by atoms with van der Waals surface area (Å²) in [6, 6.07) is 0. The molecule has 0 radical (unpaired) electrons. The summed E-state index contributed by atoms with van der Waals surface area (Å²) in [7, 11) is -0.317. The van der Waals surface area contributed by atoms with Crippen LogP contribution in [0.15, 0.2) is 10.8 Å². The molecule has 1 saturated heterocycles. The molecule has 1 aromatic rings. The van der Waals surface area contributed by atoms with Crippen LogP contribution in [0, 0.1) is 0 Å². The molecular formula is C10H14BClO2S. The normalized spacial score (nSPS) is 25.6. The molecule has 1 aliphatic heterocycles. The Kier molecular flexibility index (Phi) is 3.13. The highest BCUT2D eigenvalue weighted by atomic mass is 35.5. The Labute approximate surface area is 99.7 Å². The van der Waals surface area contributed by atoms with E-state index < -0.39 is 0 Å². The van der Waals surface area contributed by atoms with E-state index in [4.69, 9.17) is 20.9 Å². The van der Waals surface area contributed by atoms with Crippen molar-refractivity contribution in [3.05, 3.63) is 15.8 Å². The fourth-order valence-corrected chi connectivity index (χ4v) is 2.98. The maximum Gasteiger partial charge on any atom is 0.496 e. The second-order valence-corrected chi connectivity index (χ2v) is 5.69. The van der Waals surface area contributed by atoms with E-state index in [0.29, 0.717) is 0 Å². The summed E-state index contributed by atoms with van der Waals surface area (Å²) in [6.07, 6.45) is 1.11. The van der Waals surface area contributed by atoms with Crippen molar-refractivity contribution in [2.75, 3.05) is 0 Å². The van der Waals surface area contributed by atoms with E-state index in [2.05, 4.69) is 20.8 Å². The first-order chi connectivity index (χ1) is 6.98.